The van der Waals surface area contributed by atoms with E-state index >= 15 is 0 Å². The maximum atomic E-state index is 14.4. The van der Waals surface area contributed by atoms with Crippen LogP contribution < -0.4 is 5.48 Å². The van der Waals surface area contributed by atoms with Gasteiger partial charge >= 0.3 is 0 Å². The third kappa shape index (κ3) is 2.65. The molecule has 8 heteroatoms. The number of carbonyl (C=O) groups is 1. The maximum Gasteiger partial charge on any atom is 0.293 e. The molecule has 164 valence electrons. The summed E-state index contributed by atoms with van der Waals surface area (Å²) in [5.74, 6) is -1.66. The van der Waals surface area contributed by atoms with Crippen LogP contribution in [-0.4, -0.2) is 28.2 Å². The van der Waals surface area contributed by atoms with E-state index in [2.05, 4.69) is 34.5 Å². The van der Waals surface area contributed by atoms with Crippen molar-refractivity contribution in [2.75, 3.05) is 7.11 Å². The zero-order valence-electron chi connectivity index (χ0n) is 17.9. The van der Waals surface area contributed by atoms with Gasteiger partial charge < -0.3 is 0 Å². The molecule has 2 heterocycles. The third-order valence-electron chi connectivity index (χ3n) is 7.21. The summed E-state index contributed by atoms with van der Waals surface area (Å²) in [7, 11) is 1.36. The molecule has 0 unspecified atom stereocenters. The summed E-state index contributed by atoms with van der Waals surface area (Å²) in [4.78, 5) is 21.7. The van der Waals surface area contributed by atoms with Gasteiger partial charge in [0, 0.05) is 0 Å². The minimum atomic E-state index is -0.671. The van der Waals surface area contributed by atoms with Crippen molar-refractivity contribution in [3.05, 3.63) is 76.7 Å². The zero-order valence-corrected chi connectivity index (χ0v) is 17.9. The first kappa shape index (κ1) is 20.6. The topological polar surface area (TPSA) is 77.0 Å². The summed E-state index contributed by atoms with van der Waals surface area (Å²) < 4.78 is 28.8. The second-order valence-electron chi connectivity index (χ2n) is 8.89. The van der Waals surface area contributed by atoms with E-state index in [-0.39, 0.29) is 28.3 Å². The number of hydroxylamine groups is 1. The molecular formula is C24H22F2N4O2. The maximum absolute atomic E-state index is 14.4. The first-order valence-electron chi connectivity index (χ1n) is 10.4. The monoisotopic (exact) mass is 436 g/mol. The molecule has 3 aromatic rings. The highest BCUT2D eigenvalue weighted by Crippen LogP contribution is 2.69. The number of nitrogens with one attached hydrogen (secondary N) is 1. The standard InChI is InChI=1S/C24H22F2N4O2/c1-23(2)14-10-11-24(23,19-9-5-8-17(27-19)22(31)30-32-3)21-13(14)12-18(28-29-21)20-15(25)6-4-7-16(20)26/h4-9,12,14H,10-11H2,1-3H3,(H,30,31)/t14-,24-/m0/s1. The lowest BCUT2D eigenvalue weighted by Gasteiger charge is -2.37. The molecule has 0 radical (unpaired) electrons. The second kappa shape index (κ2) is 7.13. The van der Waals surface area contributed by atoms with E-state index in [0.717, 1.165) is 29.8 Å². The summed E-state index contributed by atoms with van der Waals surface area (Å²) in [6.45, 7) is 4.30. The summed E-state index contributed by atoms with van der Waals surface area (Å²) >= 11 is 0. The van der Waals surface area contributed by atoms with E-state index in [4.69, 9.17) is 4.84 Å². The van der Waals surface area contributed by atoms with E-state index in [1.54, 1.807) is 18.2 Å². The molecule has 2 aliphatic rings. The molecule has 6 nitrogen and oxygen atoms in total. The van der Waals surface area contributed by atoms with Gasteiger partial charge in [-0.25, -0.2) is 19.2 Å². The van der Waals surface area contributed by atoms with Crippen molar-refractivity contribution >= 4 is 5.91 Å². The van der Waals surface area contributed by atoms with Crippen LogP contribution >= 0.6 is 0 Å². The van der Waals surface area contributed by atoms with Crippen molar-refractivity contribution in [2.24, 2.45) is 5.41 Å². The van der Waals surface area contributed by atoms with Gasteiger partial charge in [0.15, 0.2) is 0 Å². The predicted molar refractivity (Wildman–Crippen MR) is 113 cm³/mol. The number of fused-ring (bicyclic) bond motifs is 5. The molecule has 0 spiro atoms. The first-order valence-corrected chi connectivity index (χ1v) is 10.4. The Morgan fingerprint density at radius 3 is 2.56 bits per heavy atom. The van der Waals surface area contributed by atoms with Crippen LogP contribution in [0.4, 0.5) is 8.78 Å². The summed E-state index contributed by atoms with van der Waals surface area (Å²) in [5, 5.41) is 8.73. The molecule has 1 amide bonds. The van der Waals surface area contributed by atoms with Crippen LogP contribution in [0.25, 0.3) is 11.3 Å². The highest BCUT2D eigenvalue weighted by molar-refractivity contribution is 5.91. The van der Waals surface area contributed by atoms with Gasteiger partial charge in [-0.15, -0.1) is 5.10 Å². The number of nitrogens with zero attached hydrogens (tertiary/aromatic N) is 3. The molecule has 0 saturated heterocycles. The number of benzene rings is 1. The van der Waals surface area contributed by atoms with Gasteiger partial charge in [-0.3, -0.25) is 9.63 Å². The van der Waals surface area contributed by atoms with Crippen LogP contribution in [0.3, 0.4) is 0 Å². The van der Waals surface area contributed by atoms with Gasteiger partial charge in [-0.1, -0.05) is 26.0 Å². The number of pyridine rings is 1. The van der Waals surface area contributed by atoms with E-state index in [1.165, 1.54) is 25.3 Å². The fourth-order valence-corrected chi connectivity index (χ4v) is 5.70. The molecule has 2 aliphatic carbocycles. The van der Waals surface area contributed by atoms with Gasteiger partial charge in [0.1, 0.15) is 17.3 Å². The predicted octanol–water partition coefficient (Wildman–Crippen LogP) is 4.31. The fourth-order valence-electron chi connectivity index (χ4n) is 5.70. The lowest BCUT2D eigenvalue weighted by molar-refractivity contribution is 0.0531. The number of carbonyl (C=O) groups excluding carboxylic acids is 1. The van der Waals surface area contributed by atoms with Gasteiger partial charge in [0.05, 0.1) is 35.2 Å². The second-order valence-corrected chi connectivity index (χ2v) is 8.89. The van der Waals surface area contributed by atoms with Crippen LogP contribution in [0.1, 0.15) is 60.0 Å². The number of amides is 1. The molecule has 2 bridgehead atoms. The summed E-state index contributed by atoms with van der Waals surface area (Å²) in [6.07, 6.45) is 1.67. The van der Waals surface area contributed by atoms with Gasteiger partial charge in [0.2, 0.25) is 0 Å². The van der Waals surface area contributed by atoms with Crippen molar-refractivity contribution in [3.63, 3.8) is 0 Å². The van der Waals surface area contributed by atoms with E-state index in [0.29, 0.717) is 0 Å². The normalized spacial score (nSPS) is 22.6. The van der Waals surface area contributed by atoms with E-state index in [1.807, 2.05) is 6.07 Å². The Morgan fingerprint density at radius 2 is 1.84 bits per heavy atom. The van der Waals surface area contributed by atoms with Crippen molar-refractivity contribution < 1.29 is 18.4 Å². The Bertz CT molecular complexity index is 1230. The molecule has 32 heavy (non-hydrogen) atoms. The Morgan fingerprint density at radius 1 is 1.12 bits per heavy atom. The molecule has 0 aliphatic heterocycles. The first-order chi connectivity index (χ1) is 15.3. The number of rotatable bonds is 4. The Labute approximate surface area is 184 Å². The molecule has 1 fully saturated rings. The van der Waals surface area contributed by atoms with Crippen molar-refractivity contribution in [2.45, 2.75) is 38.0 Å². The Hall–Kier alpha value is -3.26. The van der Waals surface area contributed by atoms with E-state index in [9.17, 15) is 13.6 Å². The highest BCUT2D eigenvalue weighted by atomic mass is 19.1. The lowest BCUT2D eigenvalue weighted by atomic mass is 9.66. The largest absolute Gasteiger partial charge is 0.293 e. The Balaban J connectivity index is 1.67. The van der Waals surface area contributed by atoms with E-state index < -0.39 is 23.0 Å². The Kier molecular flexibility index (Phi) is 4.60. The molecule has 1 N–H and O–H groups in total. The zero-order chi connectivity index (χ0) is 22.7. The molecule has 1 saturated carbocycles. The minimum Gasteiger partial charge on any atom is -0.277 e. The quantitative estimate of drug-likeness (QED) is 0.617. The number of hydrogen-bond donors (Lipinski definition) is 1. The molecule has 5 rings (SSSR count). The van der Waals surface area contributed by atoms with Crippen molar-refractivity contribution in [3.8, 4) is 11.3 Å². The fraction of sp³-hybridized carbons (Fsp3) is 0.333. The summed E-state index contributed by atoms with van der Waals surface area (Å²) in [5.41, 5.74) is 4.13. The molecular weight excluding hydrogens is 414 g/mol. The van der Waals surface area contributed by atoms with Crippen LogP contribution in [-0.2, 0) is 10.3 Å². The number of hydrogen-bond acceptors (Lipinski definition) is 5. The highest BCUT2D eigenvalue weighted by Gasteiger charge is 2.65. The molecule has 1 aromatic carbocycles. The van der Waals surface area contributed by atoms with Crippen LogP contribution in [0, 0.1) is 17.0 Å². The average molecular weight is 436 g/mol. The van der Waals surface area contributed by atoms with Gasteiger partial charge in [-0.2, -0.15) is 5.10 Å². The number of aromatic nitrogens is 3. The smallest absolute Gasteiger partial charge is 0.277 e. The number of halogens is 2. The lowest BCUT2D eigenvalue weighted by Crippen LogP contribution is -2.38. The van der Waals surface area contributed by atoms with Gasteiger partial charge in [-0.05, 0) is 60.1 Å². The molecule has 2 atom stereocenters. The van der Waals surface area contributed by atoms with Crippen molar-refractivity contribution in [1.82, 2.24) is 20.7 Å². The third-order valence-corrected chi connectivity index (χ3v) is 7.21. The van der Waals surface area contributed by atoms with Crippen LogP contribution in [0.2, 0.25) is 0 Å². The SMILES string of the molecule is CONC(=O)c1cccc([C@@]23CC[C@@H](c4cc(-c5c(F)cccc5F)nnc42)C3(C)C)n1. The summed E-state index contributed by atoms with van der Waals surface area (Å²) in [6, 6.07) is 10.8. The minimum absolute atomic E-state index is 0.125. The van der Waals surface area contributed by atoms with Crippen molar-refractivity contribution in [1.29, 1.82) is 0 Å². The van der Waals surface area contributed by atoms with Crippen LogP contribution in [0.15, 0.2) is 42.5 Å². The van der Waals surface area contributed by atoms with Gasteiger partial charge in [0.25, 0.3) is 5.91 Å². The molecule has 2 aromatic heterocycles. The van der Waals surface area contributed by atoms with Crippen LogP contribution in [0.5, 0.6) is 0 Å². The average Bonchev–Trinajstić information content (AvgIpc) is 3.15.